The molecular weight excluding hydrogens is 586 g/mol. The van der Waals surface area contributed by atoms with Gasteiger partial charge >= 0.3 is 6.09 Å². The molecule has 0 spiro atoms. The minimum Gasteiger partial charge on any atom is -0.443 e. The van der Waals surface area contributed by atoms with Gasteiger partial charge in [0.05, 0.1) is 36.2 Å². The van der Waals surface area contributed by atoms with Crippen molar-refractivity contribution in [2.24, 2.45) is 11.3 Å². The molecular formula is C32H45N3O8S. The molecule has 2 fully saturated rings. The largest absolute Gasteiger partial charge is 0.443 e. The second-order valence-corrected chi connectivity index (χ2v) is 14.4. The van der Waals surface area contributed by atoms with Crippen molar-refractivity contribution in [1.29, 1.82) is 0 Å². The first kappa shape index (κ1) is 33.9. The van der Waals surface area contributed by atoms with Gasteiger partial charge in [-0.3, -0.25) is 0 Å². The maximum atomic E-state index is 14.1. The molecule has 2 aromatic rings. The summed E-state index contributed by atoms with van der Waals surface area (Å²) in [7, 11) is -2.39. The maximum Gasteiger partial charge on any atom is 0.407 e. The number of ketones is 1. The van der Waals surface area contributed by atoms with Crippen LogP contribution in [0.25, 0.3) is 0 Å². The lowest BCUT2D eigenvalue weighted by Gasteiger charge is -2.35. The van der Waals surface area contributed by atoms with Crippen molar-refractivity contribution in [3.63, 3.8) is 0 Å². The number of benzene rings is 2. The normalized spacial score (nSPS) is 21.5. The highest BCUT2D eigenvalue weighted by molar-refractivity contribution is 7.89. The Kier molecular flexibility index (Phi) is 11.4. The van der Waals surface area contributed by atoms with Crippen LogP contribution in [0.4, 0.5) is 10.5 Å². The number of hydrogen-bond acceptors (Lipinski definition) is 9. The molecule has 12 heteroatoms. The molecule has 3 unspecified atom stereocenters. The summed E-state index contributed by atoms with van der Waals surface area (Å²) < 4.78 is 46.2. The molecule has 2 aromatic carbocycles. The number of hydrogen-bond donors (Lipinski definition) is 3. The number of rotatable bonds is 15. The van der Waals surface area contributed by atoms with Crippen molar-refractivity contribution in [2.75, 3.05) is 38.7 Å². The fourth-order valence-corrected chi connectivity index (χ4v) is 7.33. The summed E-state index contributed by atoms with van der Waals surface area (Å²) in [6.07, 6.45) is -1.14. The van der Waals surface area contributed by atoms with E-state index in [1.165, 1.54) is 23.4 Å². The summed E-state index contributed by atoms with van der Waals surface area (Å²) in [6.45, 7) is 5.82. The predicted octanol–water partition coefficient (Wildman–Crippen LogP) is 3.57. The Morgan fingerprint density at radius 1 is 1.14 bits per heavy atom. The minimum atomic E-state index is -4.09. The zero-order valence-corrected chi connectivity index (χ0v) is 26.7. The molecule has 2 aliphatic rings. The first-order chi connectivity index (χ1) is 20.9. The molecule has 4 rings (SSSR count). The number of ether oxygens (including phenoxy) is 3. The van der Waals surface area contributed by atoms with Gasteiger partial charge in [0.25, 0.3) is 0 Å². The molecule has 0 aromatic heterocycles. The van der Waals surface area contributed by atoms with E-state index >= 15 is 0 Å². The fourth-order valence-electron chi connectivity index (χ4n) is 5.64. The summed E-state index contributed by atoms with van der Waals surface area (Å²) in [5, 5.41) is 17.4. The number of carbonyl (C=O) groups excluding carboxylic acids is 2. The average Bonchev–Trinajstić information content (AvgIpc) is 3.61. The zero-order valence-electron chi connectivity index (χ0n) is 25.9. The van der Waals surface area contributed by atoms with E-state index in [0.29, 0.717) is 25.1 Å². The highest BCUT2D eigenvalue weighted by Gasteiger charge is 2.44. The van der Waals surface area contributed by atoms with Gasteiger partial charge in [-0.2, -0.15) is 4.31 Å². The summed E-state index contributed by atoms with van der Waals surface area (Å²) in [5.41, 5.74) is 0.894. The van der Waals surface area contributed by atoms with Crippen LogP contribution in [0.15, 0.2) is 59.5 Å². The van der Waals surface area contributed by atoms with Crippen LogP contribution in [0, 0.1) is 11.3 Å². The first-order valence-electron chi connectivity index (χ1n) is 15.1. The molecule has 44 heavy (non-hydrogen) atoms. The fraction of sp³-hybridized carbons (Fsp3) is 0.562. The van der Waals surface area contributed by atoms with Crippen LogP contribution < -0.4 is 10.6 Å². The Labute approximate surface area is 260 Å². The monoisotopic (exact) mass is 631 g/mol. The Hall–Kier alpha value is -3.03. The van der Waals surface area contributed by atoms with Crippen LogP contribution in [0.1, 0.15) is 45.6 Å². The number of nitrogens with one attached hydrogen (secondary N) is 2. The number of fused-ring (bicyclic) bond motifs is 1. The van der Waals surface area contributed by atoms with Crippen molar-refractivity contribution >= 4 is 27.6 Å². The van der Waals surface area contributed by atoms with Crippen molar-refractivity contribution in [2.45, 2.75) is 75.9 Å². The van der Waals surface area contributed by atoms with Gasteiger partial charge < -0.3 is 34.7 Å². The molecule has 5 atom stereocenters. The van der Waals surface area contributed by atoms with Gasteiger partial charge in [-0.25, -0.2) is 13.2 Å². The third-order valence-electron chi connectivity index (χ3n) is 8.22. The molecule has 0 radical (unpaired) electrons. The van der Waals surface area contributed by atoms with E-state index in [2.05, 4.69) is 10.6 Å². The van der Waals surface area contributed by atoms with E-state index in [4.69, 9.17) is 14.2 Å². The van der Waals surface area contributed by atoms with E-state index in [-0.39, 0.29) is 49.0 Å². The van der Waals surface area contributed by atoms with Gasteiger partial charge in [-0.05, 0) is 55.4 Å². The smallest absolute Gasteiger partial charge is 0.407 e. The van der Waals surface area contributed by atoms with Gasteiger partial charge in [0.1, 0.15) is 11.9 Å². The van der Waals surface area contributed by atoms with Crippen LogP contribution in [-0.4, -0.2) is 87.6 Å². The highest BCUT2D eigenvalue weighted by Crippen LogP contribution is 2.33. The first-order valence-corrected chi connectivity index (χ1v) is 16.5. The molecule has 0 saturated carbocycles. The van der Waals surface area contributed by atoms with E-state index in [9.17, 15) is 23.1 Å². The quantitative estimate of drug-likeness (QED) is 0.269. The van der Waals surface area contributed by atoms with E-state index < -0.39 is 39.8 Å². The third-order valence-corrected chi connectivity index (χ3v) is 10.0. The molecule has 11 nitrogen and oxygen atoms in total. The van der Waals surface area contributed by atoms with Gasteiger partial charge in [-0.15, -0.1) is 0 Å². The van der Waals surface area contributed by atoms with Gasteiger partial charge in [0.15, 0.2) is 6.29 Å². The molecule has 2 saturated heterocycles. The molecule has 3 N–H and O–H groups in total. The second-order valence-electron chi connectivity index (χ2n) is 12.4. The van der Waals surface area contributed by atoms with Crippen LogP contribution in [0.3, 0.4) is 0 Å². The Morgan fingerprint density at radius 2 is 1.89 bits per heavy atom. The van der Waals surface area contributed by atoms with Crippen molar-refractivity contribution in [3.05, 3.63) is 60.2 Å². The number of carbonyl (C=O) groups is 2. The van der Waals surface area contributed by atoms with Crippen LogP contribution in [0.2, 0.25) is 0 Å². The van der Waals surface area contributed by atoms with E-state index in [1.54, 1.807) is 19.2 Å². The molecule has 2 heterocycles. The number of nitrogens with zero attached hydrogens (tertiary/aromatic N) is 1. The lowest BCUT2D eigenvalue weighted by Crippen LogP contribution is -2.52. The standard InChI is InChI=1S/C32H45N3O8S/c1-22(36)13-15-32(2,3)21-35(44(39,40)25-12-8-11-24(18-25)33-4)19-28(37)27(17-23-9-6-5-7-10-23)34-31(38)43-29-20-42-30-26(29)14-16-41-30/h5-12,18,26-30,33,37H,13-17,19-21H2,1-4H3,(H,34,38)/t26?,27-,28+,29?,30?/m0/s1. The predicted molar refractivity (Wildman–Crippen MR) is 166 cm³/mol. The number of aliphatic hydroxyl groups is 1. The van der Waals surface area contributed by atoms with Crippen LogP contribution in [0.5, 0.6) is 0 Å². The Bertz CT molecular complexity index is 1370. The van der Waals surface area contributed by atoms with Gasteiger partial charge in [0, 0.05) is 32.2 Å². The summed E-state index contributed by atoms with van der Waals surface area (Å²) in [5.74, 6) is -0.0347. The Morgan fingerprint density at radius 3 is 2.59 bits per heavy atom. The molecule has 0 aliphatic carbocycles. The molecule has 1 amide bonds. The average molecular weight is 632 g/mol. The topological polar surface area (TPSA) is 144 Å². The van der Waals surface area contributed by atoms with Crippen LogP contribution >= 0.6 is 0 Å². The van der Waals surface area contributed by atoms with E-state index in [1.807, 2.05) is 44.2 Å². The summed E-state index contributed by atoms with van der Waals surface area (Å²) >= 11 is 0. The van der Waals surface area contributed by atoms with Gasteiger partial charge in [0.2, 0.25) is 10.0 Å². The number of anilines is 1. The van der Waals surface area contributed by atoms with Crippen LogP contribution in [-0.2, 0) is 35.4 Å². The van der Waals surface area contributed by atoms with Crippen molar-refractivity contribution < 1.29 is 37.3 Å². The number of amides is 1. The van der Waals surface area contributed by atoms with Crippen molar-refractivity contribution in [3.8, 4) is 0 Å². The summed E-state index contributed by atoms with van der Waals surface area (Å²) in [6, 6.07) is 14.9. The molecule has 0 bridgehead atoms. The zero-order chi connectivity index (χ0) is 31.9. The number of sulfonamides is 1. The van der Waals surface area contributed by atoms with Crippen molar-refractivity contribution in [1.82, 2.24) is 9.62 Å². The lowest BCUT2D eigenvalue weighted by atomic mass is 9.87. The third kappa shape index (κ3) is 9.01. The molecule has 2 aliphatic heterocycles. The number of Topliss-reactive ketones (excluding diaryl/α,β-unsaturated/α-hetero) is 1. The van der Waals surface area contributed by atoms with E-state index in [0.717, 1.165) is 12.0 Å². The van der Waals surface area contributed by atoms with Gasteiger partial charge in [-0.1, -0.05) is 50.2 Å². The minimum absolute atomic E-state index is 0.0167. The lowest BCUT2D eigenvalue weighted by molar-refractivity contribution is -0.117. The second kappa shape index (κ2) is 14.8. The highest BCUT2D eigenvalue weighted by atomic mass is 32.2. The summed E-state index contributed by atoms with van der Waals surface area (Å²) in [4.78, 5) is 25.0. The maximum absolute atomic E-state index is 14.1. The number of aliphatic hydroxyl groups excluding tert-OH is 1. The SMILES string of the molecule is CNc1cccc(S(=O)(=O)N(C[C@@H](O)[C@H](Cc2ccccc2)NC(=O)OC2COC3OCCC23)CC(C)(C)CCC(C)=O)c1. The Balaban J connectivity index is 1.58. The number of alkyl carbamates (subject to hydrolysis) is 1. The molecule has 242 valence electrons.